The molecule has 0 spiro atoms. The molecule has 0 aromatic heterocycles. The molecule has 0 saturated carbocycles. The average Bonchev–Trinajstić information content (AvgIpc) is 2.73. The number of nitrogens with zero attached hydrogens (tertiary/aromatic N) is 1. The van der Waals surface area contributed by atoms with Crippen LogP contribution in [0.15, 0.2) is 24.3 Å². The molecule has 1 aliphatic heterocycles. The summed E-state index contributed by atoms with van der Waals surface area (Å²) < 4.78 is 0. The maximum Gasteiger partial charge on any atom is 0.230 e. The van der Waals surface area contributed by atoms with Crippen LogP contribution in [0.3, 0.4) is 0 Å². The van der Waals surface area contributed by atoms with Gasteiger partial charge in [-0.25, -0.2) is 0 Å². The van der Waals surface area contributed by atoms with E-state index in [-0.39, 0.29) is 37.0 Å². The number of ketones is 1. The third-order valence-electron chi connectivity index (χ3n) is 3.53. The van der Waals surface area contributed by atoms with Crippen LogP contribution in [0.2, 0.25) is 0 Å². The van der Waals surface area contributed by atoms with Crippen molar-refractivity contribution in [3.8, 4) is 0 Å². The number of likely N-dealkylation sites (tertiary alicyclic amines) is 1. The fourth-order valence-corrected chi connectivity index (χ4v) is 2.30. The zero-order valence-corrected chi connectivity index (χ0v) is 11.7. The van der Waals surface area contributed by atoms with Gasteiger partial charge in [0.2, 0.25) is 11.8 Å². The van der Waals surface area contributed by atoms with Crippen molar-refractivity contribution in [2.75, 3.05) is 6.54 Å². The third-order valence-corrected chi connectivity index (χ3v) is 3.53. The maximum atomic E-state index is 11.8. The van der Waals surface area contributed by atoms with Crippen molar-refractivity contribution in [3.05, 3.63) is 35.4 Å². The average molecular weight is 273 g/mol. The normalized spacial score (nSPS) is 14.9. The molecule has 106 valence electrons. The highest BCUT2D eigenvalue weighted by Crippen LogP contribution is 2.12. The van der Waals surface area contributed by atoms with Crippen LogP contribution in [0.25, 0.3) is 0 Å². The molecule has 0 unspecified atom stereocenters. The zero-order valence-electron chi connectivity index (χ0n) is 11.7. The van der Waals surface area contributed by atoms with E-state index in [2.05, 4.69) is 24.3 Å². The van der Waals surface area contributed by atoms with Crippen molar-refractivity contribution >= 4 is 17.6 Å². The Morgan fingerprint density at radius 3 is 2.30 bits per heavy atom. The number of rotatable bonds is 6. The molecule has 1 fully saturated rings. The molecule has 0 atom stereocenters. The number of hydrogen-bond acceptors (Lipinski definition) is 3. The third kappa shape index (κ3) is 3.76. The highest BCUT2D eigenvalue weighted by atomic mass is 16.2. The first kappa shape index (κ1) is 14.4. The van der Waals surface area contributed by atoms with Crippen LogP contribution in [0, 0.1) is 6.92 Å². The van der Waals surface area contributed by atoms with Crippen LogP contribution in [-0.2, 0) is 20.8 Å². The minimum atomic E-state index is -0.220. The SMILES string of the molecule is Cc1ccc(CCCC(=O)CN2C(=O)CCC2=O)cc1. The zero-order chi connectivity index (χ0) is 14.5. The summed E-state index contributed by atoms with van der Waals surface area (Å²) >= 11 is 0. The Morgan fingerprint density at radius 2 is 1.70 bits per heavy atom. The summed E-state index contributed by atoms with van der Waals surface area (Å²) in [5, 5.41) is 0. The van der Waals surface area contributed by atoms with Crippen molar-refractivity contribution in [2.45, 2.75) is 39.0 Å². The van der Waals surface area contributed by atoms with Crippen LogP contribution < -0.4 is 0 Å². The van der Waals surface area contributed by atoms with E-state index in [0.717, 1.165) is 17.7 Å². The molecule has 1 saturated heterocycles. The summed E-state index contributed by atoms with van der Waals surface area (Å²) in [5.74, 6) is -0.482. The number of carbonyl (C=O) groups is 3. The predicted molar refractivity (Wildman–Crippen MR) is 75.1 cm³/mol. The number of Topliss-reactive ketones (excluding diaryl/α,β-unsaturated/α-hetero) is 1. The number of hydrogen-bond donors (Lipinski definition) is 0. The fourth-order valence-electron chi connectivity index (χ4n) is 2.30. The van der Waals surface area contributed by atoms with E-state index in [1.807, 2.05) is 6.92 Å². The van der Waals surface area contributed by atoms with Gasteiger partial charge in [0.1, 0.15) is 0 Å². The van der Waals surface area contributed by atoms with E-state index in [0.29, 0.717) is 6.42 Å². The van der Waals surface area contributed by atoms with E-state index in [4.69, 9.17) is 0 Å². The second kappa shape index (κ2) is 6.46. The lowest BCUT2D eigenvalue weighted by Crippen LogP contribution is -2.34. The van der Waals surface area contributed by atoms with Gasteiger partial charge in [0, 0.05) is 19.3 Å². The molecule has 0 bridgehead atoms. The predicted octanol–water partition coefficient (Wildman–Crippen LogP) is 2.04. The van der Waals surface area contributed by atoms with Crippen molar-refractivity contribution in [1.29, 1.82) is 0 Å². The summed E-state index contributed by atoms with van der Waals surface area (Å²) in [6.07, 6.45) is 2.49. The van der Waals surface area contributed by atoms with Gasteiger partial charge in [-0.3, -0.25) is 19.3 Å². The summed E-state index contributed by atoms with van der Waals surface area (Å²) in [5.41, 5.74) is 2.42. The largest absolute Gasteiger partial charge is 0.298 e. The van der Waals surface area contributed by atoms with E-state index >= 15 is 0 Å². The van der Waals surface area contributed by atoms with E-state index in [1.165, 1.54) is 11.1 Å². The van der Waals surface area contributed by atoms with Gasteiger partial charge in [0.25, 0.3) is 0 Å². The molecule has 4 heteroatoms. The van der Waals surface area contributed by atoms with Gasteiger partial charge in [0.05, 0.1) is 6.54 Å². The van der Waals surface area contributed by atoms with E-state index < -0.39 is 0 Å². The Balaban J connectivity index is 1.74. The Morgan fingerprint density at radius 1 is 1.10 bits per heavy atom. The number of carbonyl (C=O) groups excluding carboxylic acids is 3. The Kier molecular flexibility index (Phi) is 4.66. The lowest BCUT2D eigenvalue weighted by atomic mass is 10.1. The van der Waals surface area contributed by atoms with E-state index in [1.54, 1.807) is 0 Å². The van der Waals surface area contributed by atoms with Crippen molar-refractivity contribution in [2.24, 2.45) is 0 Å². The molecule has 2 rings (SSSR count). The lowest BCUT2D eigenvalue weighted by Gasteiger charge is -2.12. The van der Waals surface area contributed by atoms with Crippen molar-refractivity contribution in [3.63, 3.8) is 0 Å². The Hall–Kier alpha value is -1.97. The number of imide groups is 1. The van der Waals surface area contributed by atoms with Crippen LogP contribution in [0.5, 0.6) is 0 Å². The maximum absolute atomic E-state index is 11.8. The molecule has 0 radical (unpaired) electrons. The topological polar surface area (TPSA) is 54.5 Å². The second-order valence-electron chi connectivity index (χ2n) is 5.25. The van der Waals surface area contributed by atoms with Crippen LogP contribution >= 0.6 is 0 Å². The Bertz CT molecular complexity index is 503. The second-order valence-corrected chi connectivity index (χ2v) is 5.25. The fraction of sp³-hybridized carbons (Fsp3) is 0.438. The van der Waals surface area contributed by atoms with Gasteiger partial charge >= 0.3 is 0 Å². The molecule has 1 aromatic rings. The molecule has 1 heterocycles. The van der Waals surface area contributed by atoms with Gasteiger partial charge in [-0.1, -0.05) is 29.8 Å². The molecule has 1 aliphatic rings. The quantitative estimate of drug-likeness (QED) is 0.745. The molecule has 4 nitrogen and oxygen atoms in total. The van der Waals surface area contributed by atoms with Gasteiger partial charge in [-0.2, -0.15) is 0 Å². The molecular weight excluding hydrogens is 254 g/mol. The monoisotopic (exact) mass is 273 g/mol. The summed E-state index contributed by atoms with van der Waals surface area (Å²) in [4.78, 5) is 35.7. The standard InChI is InChI=1S/C16H19NO3/c1-12-5-7-13(8-6-12)3-2-4-14(18)11-17-15(19)9-10-16(17)20/h5-8H,2-4,9-11H2,1H3. The van der Waals surface area contributed by atoms with Crippen LogP contribution in [0.1, 0.15) is 36.8 Å². The van der Waals surface area contributed by atoms with Crippen LogP contribution in [0.4, 0.5) is 0 Å². The summed E-state index contributed by atoms with van der Waals surface area (Å²) in [6, 6.07) is 8.23. The molecule has 1 aromatic carbocycles. The number of aryl methyl sites for hydroxylation is 2. The van der Waals surface area contributed by atoms with E-state index in [9.17, 15) is 14.4 Å². The van der Waals surface area contributed by atoms with Gasteiger partial charge < -0.3 is 0 Å². The van der Waals surface area contributed by atoms with Gasteiger partial charge in [-0.15, -0.1) is 0 Å². The summed E-state index contributed by atoms with van der Waals surface area (Å²) in [6.45, 7) is 1.99. The lowest BCUT2D eigenvalue weighted by molar-refractivity contribution is -0.141. The first-order valence-corrected chi connectivity index (χ1v) is 6.96. The van der Waals surface area contributed by atoms with Gasteiger partial charge in [0.15, 0.2) is 5.78 Å². The molecule has 2 amide bonds. The minimum absolute atomic E-state index is 0.0410. The van der Waals surface area contributed by atoms with Crippen LogP contribution in [-0.4, -0.2) is 29.0 Å². The number of amides is 2. The number of benzene rings is 1. The highest BCUT2D eigenvalue weighted by molar-refractivity contribution is 6.04. The highest BCUT2D eigenvalue weighted by Gasteiger charge is 2.29. The molecule has 0 aliphatic carbocycles. The molecular formula is C16H19NO3. The Labute approximate surface area is 118 Å². The van der Waals surface area contributed by atoms with Crippen molar-refractivity contribution in [1.82, 2.24) is 4.90 Å². The molecule has 0 N–H and O–H groups in total. The molecule has 20 heavy (non-hydrogen) atoms. The smallest absolute Gasteiger partial charge is 0.230 e. The first-order chi connectivity index (χ1) is 9.56. The van der Waals surface area contributed by atoms with Crippen molar-refractivity contribution < 1.29 is 14.4 Å². The van der Waals surface area contributed by atoms with Gasteiger partial charge in [-0.05, 0) is 25.3 Å². The first-order valence-electron chi connectivity index (χ1n) is 6.96. The minimum Gasteiger partial charge on any atom is -0.298 e. The summed E-state index contributed by atoms with van der Waals surface area (Å²) in [7, 11) is 0.